The summed E-state index contributed by atoms with van der Waals surface area (Å²) < 4.78 is 2.73. The largest absolute Gasteiger partial charge is 0.495 e. The highest BCUT2D eigenvalue weighted by Crippen LogP contribution is 1.73. The Labute approximate surface area is 115 Å². The van der Waals surface area contributed by atoms with E-state index in [1.165, 1.54) is 33.9 Å². The van der Waals surface area contributed by atoms with E-state index in [0.717, 1.165) is 0 Å². The number of carbonyl (C=O) groups is 2. The molecular weight excluding hydrogens is 260 g/mol. The molecule has 0 bridgehead atoms. The Kier molecular flexibility index (Phi) is 4.65. The van der Waals surface area contributed by atoms with Gasteiger partial charge in [-0.2, -0.15) is 18.7 Å². The number of nitrogens with one attached hydrogen (secondary N) is 2. The minimum atomic E-state index is -0.279. The van der Waals surface area contributed by atoms with Crippen LogP contribution in [0, 0.1) is 0 Å². The number of amides is 2. The zero-order valence-corrected chi connectivity index (χ0v) is 10.6. The Morgan fingerprint density at radius 2 is 1.10 bits per heavy atom. The first kappa shape index (κ1) is 13.5. The highest BCUT2D eigenvalue weighted by molar-refractivity contribution is 5.65. The van der Waals surface area contributed by atoms with Gasteiger partial charge in [0.15, 0.2) is 0 Å². The standard InChI is InChI=1S/C12H12N6O2/c19-11(17-7-3-13-4-8-17)15-1-2-16-12(20)18-9-5-14-6-10-18/h3-10H,1-2H2/p+2. The summed E-state index contributed by atoms with van der Waals surface area (Å²) in [5, 5.41) is 5.33. The predicted octanol–water partition coefficient (Wildman–Crippen LogP) is -1.13. The molecule has 8 nitrogen and oxygen atoms in total. The molecule has 102 valence electrons. The van der Waals surface area contributed by atoms with Crippen molar-refractivity contribution in [3.63, 3.8) is 0 Å². The second-order valence-electron chi connectivity index (χ2n) is 3.77. The average molecular weight is 274 g/mol. The highest BCUT2D eigenvalue weighted by Gasteiger charge is 2.14. The Morgan fingerprint density at radius 1 is 0.750 bits per heavy atom. The molecule has 2 aromatic rings. The predicted molar refractivity (Wildman–Crippen MR) is 66.5 cm³/mol. The molecule has 0 aliphatic heterocycles. The van der Waals surface area contributed by atoms with Gasteiger partial charge in [-0.3, -0.25) is 9.97 Å². The number of aromatic nitrogens is 4. The van der Waals surface area contributed by atoms with Crippen LogP contribution in [0.25, 0.3) is 0 Å². The fourth-order valence-electron chi connectivity index (χ4n) is 1.43. The van der Waals surface area contributed by atoms with E-state index in [4.69, 9.17) is 0 Å². The van der Waals surface area contributed by atoms with Crippen LogP contribution in [0.4, 0.5) is 9.59 Å². The Hall–Kier alpha value is -2.90. The second kappa shape index (κ2) is 6.88. The molecule has 2 rings (SSSR count). The summed E-state index contributed by atoms with van der Waals surface area (Å²) in [5.41, 5.74) is 0. The van der Waals surface area contributed by atoms with Gasteiger partial charge in [-0.15, -0.1) is 0 Å². The summed E-state index contributed by atoms with van der Waals surface area (Å²) in [6, 6.07) is -0.559. The van der Waals surface area contributed by atoms with Gasteiger partial charge in [-0.1, -0.05) is 0 Å². The molecule has 2 amide bonds. The van der Waals surface area contributed by atoms with E-state index in [9.17, 15) is 9.59 Å². The van der Waals surface area contributed by atoms with Crippen molar-refractivity contribution in [2.45, 2.75) is 0 Å². The molecule has 0 spiro atoms. The fraction of sp³-hybridized carbons (Fsp3) is 0.167. The number of rotatable bonds is 3. The van der Waals surface area contributed by atoms with Crippen LogP contribution in [0.3, 0.4) is 0 Å². The van der Waals surface area contributed by atoms with Crippen LogP contribution in [0.5, 0.6) is 0 Å². The average Bonchev–Trinajstić information content (AvgIpc) is 2.53. The summed E-state index contributed by atoms with van der Waals surface area (Å²) in [6.45, 7) is 0.650. The molecule has 8 heteroatoms. The van der Waals surface area contributed by atoms with Crippen molar-refractivity contribution >= 4 is 12.1 Å². The third-order valence-corrected chi connectivity index (χ3v) is 2.40. The molecular formula is C12H14N6O2+2. The van der Waals surface area contributed by atoms with Crippen molar-refractivity contribution in [1.82, 2.24) is 20.6 Å². The Bertz CT molecular complexity index is 522. The van der Waals surface area contributed by atoms with E-state index < -0.39 is 0 Å². The van der Waals surface area contributed by atoms with Crippen LogP contribution in [-0.4, -0.2) is 35.1 Å². The lowest BCUT2D eigenvalue weighted by atomic mass is 10.6. The second-order valence-corrected chi connectivity index (χ2v) is 3.77. The van der Waals surface area contributed by atoms with Crippen LogP contribution in [0.2, 0.25) is 0 Å². The molecule has 2 aromatic heterocycles. The molecule has 2 heterocycles. The quantitative estimate of drug-likeness (QED) is 0.547. The van der Waals surface area contributed by atoms with Crippen molar-refractivity contribution < 1.29 is 18.7 Å². The first-order valence-electron chi connectivity index (χ1n) is 5.96. The zero-order valence-electron chi connectivity index (χ0n) is 10.6. The summed E-state index contributed by atoms with van der Waals surface area (Å²) >= 11 is 0. The van der Waals surface area contributed by atoms with Crippen LogP contribution < -0.4 is 19.8 Å². The van der Waals surface area contributed by atoms with Gasteiger partial charge >= 0.3 is 12.1 Å². The normalized spacial score (nSPS) is 9.80. The molecule has 0 aromatic carbocycles. The van der Waals surface area contributed by atoms with Crippen LogP contribution in [0.1, 0.15) is 0 Å². The lowest BCUT2D eigenvalue weighted by Crippen LogP contribution is -2.54. The number of nitrogens with zero attached hydrogens (tertiary/aromatic N) is 4. The van der Waals surface area contributed by atoms with E-state index in [1.54, 1.807) is 24.8 Å². The van der Waals surface area contributed by atoms with Crippen molar-refractivity contribution in [3.8, 4) is 0 Å². The van der Waals surface area contributed by atoms with Gasteiger partial charge in [0.1, 0.15) is 37.9 Å². The van der Waals surface area contributed by atoms with Crippen molar-refractivity contribution in [2.24, 2.45) is 0 Å². The van der Waals surface area contributed by atoms with Crippen molar-refractivity contribution in [1.29, 1.82) is 0 Å². The summed E-state index contributed by atoms with van der Waals surface area (Å²) in [6.07, 6.45) is 12.2. The first-order chi connectivity index (χ1) is 9.77. The molecule has 0 saturated heterocycles. The van der Waals surface area contributed by atoms with E-state index in [1.807, 2.05) is 0 Å². The molecule has 0 saturated carbocycles. The summed E-state index contributed by atoms with van der Waals surface area (Å²) in [7, 11) is 0. The summed E-state index contributed by atoms with van der Waals surface area (Å²) in [4.78, 5) is 30.9. The van der Waals surface area contributed by atoms with Gasteiger partial charge in [-0.05, 0) is 0 Å². The third kappa shape index (κ3) is 3.80. The number of hydrogen-bond donors (Lipinski definition) is 2. The maximum absolute atomic E-state index is 11.7. The molecule has 0 aliphatic carbocycles. The molecule has 0 fully saturated rings. The molecule has 0 aliphatic rings. The SMILES string of the molecule is O=C(NCCNC(=O)[n+]1ccncc1)[n+]1ccncc1. The van der Waals surface area contributed by atoms with Gasteiger partial charge in [0.25, 0.3) is 0 Å². The maximum Gasteiger partial charge on any atom is 0.495 e. The highest BCUT2D eigenvalue weighted by atomic mass is 16.2. The van der Waals surface area contributed by atoms with Gasteiger partial charge in [-0.25, -0.2) is 10.6 Å². The molecule has 0 radical (unpaired) electrons. The minimum Gasteiger partial charge on any atom is -0.257 e. The third-order valence-electron chi connectivity index (χ3n) is 2.40. The summed E-state index contributed by atoms with van der Waals surface area (Å²) in [5.74, 6) is 0. The minimum absolute atomic E-state index is 0.279. The van der Waals surface area contributed by atoms with Crippen LogP contribution >= 0.6 is 0 Å². The number of hydrogen-bond acceptors (Lipinski definition) is 4. The lowest BCUT2D eigenvalue weighted by Gasteiger charge is -1.98. The molecule has 20 heavy (non-hydrogen) atoms. The maximum atomic E-state index is 11.7. The van der Waals surface area contributed by atoms with Crippen LogP contribution in [0.15, 0.2) is 49.6 Å². The monoisotopic (exact) mass is 274 g/mol. The topological polar surface area (TPSA) is 91.7 Å². The van der Waals surface area contributed by atoms with Crippen LogP contribution in [-0.2, 0) is 0 Å². The first-order valence-corrected chi connectivity index (χ1v) is 5.96. The van der Waals surface area contributed by atoms with Crippen molar-refractivity contribution in [3.05, 3.63) is 49.6 Å². The smallest absolute Gasteiger partial charge is 0.257 e. The van der Waals surface area contributed by atoms with E-state index in [0.29, 0.717) is 13.1 Å². The zero-order chi connectivity index (χ0) is 14.2. The lowest BCUT2D eigenvalue weighted by molar-refractivity contribution is -0.573. The van der Waals surface area contributed by atoms with Gasteiger partial charge in [0.2, 0.25) is 0 Å². The number of carbonyl (C=O) groups excluding carboxylic acids is 2. The Morgan fingerprint density at radius 3 is 1.45 bits per heavy atom. The molecule has 0 unspecified atom stereocenters. The van der Waals surface area contributed by atoms with Gasteiger partial charge < -0.3 is 0 Å². The van der Waals surface area contributed by atoms with E-state index in [-0.39, 0.29) is 12.1 Å². The van der Waals surface area contributed by atoms with E-state index in [2.05, 4.69) is 20.6 Å². The van der Waals surface area contributed by atoms with Gasteiger partial charge in [0, 0.05) is 0 Å². The molecule has 2 N–H and O–H groups in total. The molecule has 0 atom stereocenters. The fourth-order valence-corrected chi connectivity index (χ4v) is 1.43. The van der Waals surface area contributed by atoms with E-state index >= 15 is 0 Å². The Balaban J connectivity index is 1.72. The van der Waals surface area contributed by atoms with Gasteiger partial charge in [0.05, 0.1) is 24.8 Å². The van der Waals surface area contributed by atoms with Crippen molar-refractivity contribution in [2.75, 3.05) is 13.1 Å².